The standard InChI is InChI=1S/C20H20ClNO2/c1-19(2)15-6-5-7-16(23-4)18(15)22(3)20(19)11-10-13-8-9-14(21)12-17(13)24-20/h5-12H,1-4H3. The summed E-state index contributed by atoms with van der Waals surface area (Å²) in [4.78, 5) is 2.17. The molecule has 0 radical (unpaired) electrons. The molecule has 2 heterocycles. The highest BCUT2D eigenvalue weighted by atomic mass is 35.5. The van der Waals surface area contributed by atoms with Crippen molar-refractivity contribution < 1.29 is 9.47 Å². The van der Waals surface area contributed by atoms with Gasteiger partial charge in [0.15, 0.2) is 0 Å². The maximum atomic E-state index is 6.57. The molecule has 124 valence electrons. The lowest BCUT2D eigenvalue weighted by molar-refractivity contribution is 0.0581. The van der Waals surface area contributed by atoms with Crippen LogP contribution in [0, 0.1) is 0 Å². The lowest BCUT2D eigenvalue weighted by Gasteiger charge is -2.45. The summed E-state index contributed by atoms with van der Waals surface area (Å²) in [6.45, 7) is 4.41. The molecule has 0 aliphatic carbocycles. The Hall–Kier alpha value is -2.13. The van der Waals surface area contributed by atoms with Gasteiger partial charge in [-0.3, -0.25) is 0 Å². The molecule has 0 bridgehead atoms. The third kappa shape index (κ3) is 1.79. The monoisotopic (exact) mass is 341 g/mol. The number of rotatable bonds is 1. The van der Waals surface area contributed by atoms with Gasteiger partial charge in [-0.1, -0.05) is 23.7 Å². The lowest BCUT2D eigenvalue weighted by atomic mass is 9.76. The van der Waals surface area contributed by atoms with E-state index in [9.17, 15) is 0 Å². The zero-order valence-electron chi connectivity index (χ0n) is 14.3. The first-order valence-electron chi connectivity index (χ1n) is 8.00. The summed E-state index contributed by atoms with van der Waals surface area (Å²) in [6.07, 6.45) is 4.26. The van der Waals surface area contributed by atoms with E-state index in [4.69, 9.17) is 21.1 Å². The van der Waals surface area contributed by atoms with Crippen LogP contribution in [0.1, 0.15) is 25.0 Å². The average molecular weight is 342 g/mol. The van der Waals surface area contributed by atoms with E-state index in [1.165, 1.54) is 5.56 Å². The van der Waals surface area contributed by atoms with Crippen LogP contribution in [-0.4, -0.2) is 19.9 Å². The van der Waals surface area contributed by atoms with Crippen LogP contribution < -0.4 is 14.4 Å². The lowest BCUT2D eigenvalue weighted by Crippen LogP contribution is -2.58. The third-order valence-corrected chi connectivity index (χ3v) is 5.59. The van der Waals surface area contributed by atoms with Crippen molar-refractivity contribution >= 4 is 23.4 Å². The Morgan fingerprint density at radius 3 is 2.71 bits per heavy atom. The maximum absolute atomic E-state index is 6.57. The largest absolute Gasteiger partial charge is 0.495 e. The fourth-order valence-electron chi connectivity index (χ4n) is 3.97. The van der Waals surface area contributed by atoms with Crippen LogP contribution >= 0.6 is 11.6 Å². The predicted octanol–water partition coefficient (Wildman–Crippen LogP) is 4.88. The van der Waals surface area contributed by atoms with Crippen LogP contribution in [0.3, 0.4) is 0 Å². The fraction of sp³-hybridized carbons (Fsp3) is 0.300. The number of fused-ring (bicyclic) bond motifs is 2. The van der Waals surface area contributed by atoms with Gasteiger partial charge in [0.1, 0.15) is 11.5 Å². The molecule has 24 heavy (non-hydrogen) atoms. The van der Waals surface area contributed by atoms with Crippen molar-refractivity contribution in [3.8, 4) is 11.5 Å². The smallest absolute Gasteiger partial charge is 0.211 e. The van der Waals surface area contributed by atoms with E-state index < -0.39 is 5.72 Å². The average Bonchev–Trinajstić information content (AvgIpc) is 2.73. The van der Waals surface area contributed by atoms with Crippen molar-refractivity contribution in [1.82, 2.24) is 0 Å². The van der Waals surface area contributed by atoms with Gasteiger partial charge in [0.05, 0.1) is 18.2 Å². The van der Waals surface area contributed by atoms with E-state index in [1.807, 2.05) is 30.3 Å². The van der Waals surface area contributed by atoms with Gasteiger partial charge < -0.3 is 14.4 Å². The summed E-state index contributed by atoms with van der Waals surface area (Å²) < 4.78 is 12.2. The van der Waals surface area contributed by atoms with Crippen LogP contribution in [0.25, 0.3) is 6.08 Å². The van der Waals surface area contributed by atoms with E-state index in [0.29, 0.717) is 5.02 Å². The zero-order chi connectivity index (χ0) is 17.1. The first kappa shape index (κ1) is 15.4. The van der Waals surface area contributed by atoms with Crippen molar-refractivity contribution in [2.75, 3.05) is 19.1 Å². The Bertz CT molecular complexity index is 859. The number of methoxy groups -OCH3 is 1. The van der Waals surface area contributed by atoms with E-state index in [-0.39, 0.29) is 5.41 Å². The summed E-state index contributed by atoms with van der Waals surface area (Å²) >= 11 is 6.18. The fourth-order valence-corrected chi connectivity index (χ4v) is 4.13. The molecule has 4 rings (SSSR count). The van der Waals surface area contributed by atoms with Gasteiger partial charge in [-0.25, -0.2) is 0 Å². The summed E-state index contributed by atoms with van der Waals surface area (Å²) in [7, 11) is 3.75. The van der Waals surface area contributed by atoms with Crippen molar-refractivity contribution in [1.29, 1.82) is 0 Å². The molecule has 1 spiro atoms. The van der Waals surface area contributed by atoms with Gasteiger partial charge in [-0.05, 0) is 55.8 Å². The summed E-state index contributed by atoms with van der Waals surface area (Å²) in [5, 5.41) is 0.674. The van der Waals surface area contributed by atoms with Crippen LogP contribution in [0.15, 0.2) is 42.5 Å². The van der Waals surface area contributed by atoms with E-state index in [1.54, 1.807) is 7.11 Å². The summed E-state index contributed by atoms with van der Waals surface area (Å²) in [5.74, 6) is 1.66. The number of nitrogens with zero attached hydrogens (tertiary/aromatic N) is 1. The first-order chi connectivity index (χ1) is 11.4. The Kier molecular flexibility index (Phi) is 3.17. The molecule has 0 N–H and O–H groups in total. The molecule has 1 unspecified atom stereocenters. The SMILES string of the molecule is COc1cccc2c1N(C)C1(C=Cc3ccc(Cl)cc3O1)C2(C)C. The predicted molar refractivity (Wildman–Crippen MR) is 98.3 cm³/mol. The number of hydrogen-bond donors (Lipinski definition) is 0. The van der Waals surface area contributed by atoms with Crippen LogP contribution in [0.4, 0.5) is 5.69 Å². The topological polar surface area (TPSA) is 21.7 Å². The second-order valence-corrected chi connectivity index (χ2v) is 7.29. The molecule has 0 saturated heterocycles. The first-order valence-corrected chi connectivity index (χ1v) is 8.37. The van der Waals surface area contributed by atoms with Gasteiger partial charge >= 0.3 is 0 Å². The minimum absolute atomic E-state index is 0.262. The van der Waals surface area contributed by atoms with E-state index >= 15 is 0 Å². The molecule has 0 saturated carbocycles. The van der Waals surface area contributed by atoms with Crippen molar-refractivity contribution in [3.05, 3.63) is 58.6 Å². The maximum Gasteiger partial charge on any atom is 0.211 e. The van der Waals surface area contributed by atoms with E-state index in [2.05, 4.69) is 44.0 Å². The third-order valence-electron chi connectivity index (χ3n) is 5.35. The van der Waals surface area contributed by atoms with Gasteiger partial charge in [0.25, 0.3) is 0 Å². The highest BCUT2D eigenvalue weighted by Gasteiger charge is 2.58. The molecule has 2 aromatic carbocycles. The molecule has 1 atom stereocenters. The second-order valence-electron chi connectivity index (χ2n) is 6.85. The molecule has 2 aliphatic heterocycles. The molecular formula is C20H20ClNO2. The Morgan fingerprint density at radius 2 is 1.96 bits per heavy atom. The number of benzene rings is 2. The van der Waals surface area contributed by atoms with Crippen molar-refractivity contribution in [2.24, 2.45) is 0 Å². The number of ether oxygens (including phenoxy) is 2. The molecule has 2 aromatic rings. The molecule has 0 fully saturated rings. The number of para-hydroxylation sites is 1. The molecule has 3 nitrogen and oxygen atoms in total. The second kappa shape index (κ2) is 4.93. The number of hydrogen-bond acceptors (Lipinski definition) is 3. The zero-order valence-corrected chi connectivity index (χ0v) is 15.0. The highest BCUT2D eigenvalue weighted by molar-refractivity contribution is 6.30. The molecule has 4 heteroatoms. The van der Waals surface area contributed by atoms with Gasteiger partial charge in [-0.2, -0.15) is 0 Å². The molecular weight excluding hydrogens is 322 g/mol. The normalized spacial score (nSPS) is 23.0. The number of likely N-dealkylation sites (N-methyl/N-ethyl adjacent to an activating group) is 1. The highest BCUT2D eigenvalue weighted by Crippen LogP contribution is 2.56. The molecule has 2 aliphatic rings. The summed E-state index contributed by atoms with van der Waals surface area (Å²) in [6, 6.07) is 11.9. The van der Waals surface area contributed by atoms with Gasteiger partial charge in [-0.15, -0.1) is 0 Å². The van der Waals surface area contributed by atoms with Gasteiger partial charge in [0, 0.05) is 17.6 Å². The number of anilines is 1. The van der Waals surface area contributed by atoms with E-state index in [0.717, 1.165) is 22.7 Å². The van der Waals surface area contributed by atoms with Crippen molar-refractivity contribution in [2.45, 2.75) is 25.0 Å². The van der Waals surface area contributed by atoms with Gasteiger partial charge in [0.2, 0.25) is 5.72 Å². The van der Waals surface area contributed by atoms with Crippen LogP contribution in [0.5, 0.6) is 11.5 Å². The minimum Gasteiger partial charge on any atom is -0.495 e. The molecule has 0 amide bonds. The van der Waals surface area contributed by atoms with Crippen molar-refractivity contribution in [3.63, 3.8) is 0 Å². The molecule has 0 aromatic heterocycles. The Balaban J connectivity index is 1.92. The van der Waals surface area contributed by atoms with Crippen LogP contribution in [0.2, 0.25) is 5.02 Å². The quantitative estimate of drug-likeness (QED) is 0.738. The van der Waals surface area contributed by atoms with Crippen LogP contribution in [-0.2, 0) is 5.41 Å². The minimum atomic E-state index is -0.623. The summed E-state index contributed by atoms with van der Waals surface area (Å²) in [5.41, 5.74) is 2.43. The Morgan fingerprint density at radius 1 is 1.17 bits per heavy atom. The Labute approximate surface area is 147 Å². The number of halogens is 1.